The molecule has 0 spiro atoms. The molecule has 0 aromatic rings. The average Bonchev–Trinajstić information content (AvgIpc) is 2.11. The summed E-state index contributed by atoms with van der Waals surface area (Å²) in [7, 11) is 1.25. The fraction of sp³-hybridized carbons (Fsp3) is 0.636. The van der Waals surface area contributed by atoms with Gasteiger partial charge < -0.3 is 14.8 Å². The van der Waals surface area contributed by atoms with Crippen molar-refractivity contribution in [1.82, 2.24) is 5.32 Å². The molecular formula is C11H18BrNO4. The maximum atomic E-state index is 11.5. The highest BCUT2D eigenvalue weighted by Gasteiger charge is 2.25. The number of halogens is 1. The number of hydrogen-bond donors (Lipinski definition) is 1. The van der Waals surface area contributed by atoms with Crippen LogP contribution in [0.25, 0.3) is 0 Å². The van der Waals surface area contributed by atoms with Crippen LogP contribution in [0.5, 0.6) is 0 Å². The monoisotopic (exact) mass is 307 g/mol. The lowest BCUT2D eigenvalue weighted by molar-refractivity contribution is -0.143. The summed E-state index contributed by atoms with van der Waals surface area (Å²) < 4.78 is 10.2. The number of ether oxygens (including phenoxy) is 2. The van der Waals surface area contributed by atoms with Gasteiger partial charge in [-0.2, -0.15) is 0 Å². The number of rotatable bonds is 4. The van der Waals surface area contributed by atoms with E-state index in [0.717, 1.165) is 0 Å². The number of nitrogens with one attached hydrogen (secondary N) is 1. The second-order valence-electron chi connectivity index (χ2n) is 4.44. The molecule has 1 amide bonds. The first-order chi connectivity index (χ1) is 7.65. The van der Waals surface area contributed by atoms with Crippen LogP contribution in [0.15, 0.2) is 11.1 Å². The first-order valence-corrected chi connectivity index (χ1v) is 5.85. The number of esters is 1. The summed E-state index contributed by atoms with van der Waals surface area (Å²) in [6.07, 6.45) is -0.423. The van der Waals surface area contributed by atoms with Gasteiger partial charge in [-0.1, -0.05) is 22.5 Å². The van der Waals surface area contributed by atoms with Crippen molar-refractivity contribution >= 4 is 28.0 Å². The van der Waals surface area contributed by atoms with Crippen LogP contribution >= 0.6 is 15.9 Å². The van der Waals surface area contributed by atoms with E-state index >= 15 is 0 Å². The number of carbonyl (C=O) groups is 2. The molecule has 1 unspecified atom stereocenters. The third-order valence-electron chi connectivity index (χ3n) is 1.60. The van der Waals surface area contributed by atoms with Gasteiger partial charge in [0.25, 0.3) is 0 Å². The number of methoxy groups -OCH3 is 1. The van der Waals surface area contributed by atoms with E-state index in [1.165, 1.54) is 7.11 Å². The minimum Gasteiger partial charge on any atom is -0.467 e. The average molecular weight is 308 g/mol. The Morgan fingerprint density at radius 2 is 1.94 bits per heavy atom. The Bertz CT molecular complexity index is 309. The molecule has 5 nitrogen and oxygen atoms in total. The van der Waals surface area contributed by atoms with Crippen molar-refractivity contribution in [3.63, 3.8) is 0 Å². The minimum atomic E-state index is -0.804. The topological polar surface area (TPSA) is 64.6 Å². The summed E-state index contributed by atoms with van der Waals surface area (Å²) in [6.45, 7) is 8.83. The van der Waals surface area contributed by atoms with Gasteiger partial charge in [0.05, 0.1) is 7.11 Å². The Hall–Kier alpha value is -1.04. The van der Waals surface area contributed by atoms with Crippen LogP contribution in [0.4, 0.5) is 4.79 Å². The van der Waals surface area contributed by atoms with Crippen molar-refractivity contribution in [3.05, 3.63) is 11.1 Å². The molecule has 0 rings (SSSR count). The van der Waals surface area contributed by atoms with Gasteiger partial charge in [0, 0.05) is 6.42 Å². The second-order valence-corrected chi connectivity index (χ2v) is 5.56. The fourth-order valence-corrected chi connectivity index (χ4v) is 1.33. The van der Waals surface area contributed by atoms with E-state index in [9.17, 15) is 9.59 Å². The summed E-state index contributed by atoms with van der Waals surface area (Å²) in [4.78, 5) is 22.9. The van der Waals surface area contributed by atoms with Crippen molar-refractivity contribution in [3.8, 4) is 0 Å². The Labute approximate surface area is 110 Å². The summed E-state index contributed by atoms with van der Waals surface area (Å²) in [5, 5.41) is 2.43. The lowest BCUT2D eigenvalue weighted by Gasteiger charge is -2.22. The zero-order chi connectivity index (χ0) is 13.6. The van der Waals surface area contributed by atoms with Crippen molar-refractivity contribution in [2.24, 2.45) is 0 Å². The van der Waals surface area contributed by atoms with Gasteiger partial charge in [-0.3, -0.25) is 0 Å². The third kappa shape index (κ3) is 7.79. The van der Waals surface area contributed by atoms with Crippen molar-refractivity contribution in [2.75, 3.05) is 7.11 Å². The molecule has 6 heteroatoms. The smallest absolute Gasteiger partial charge is 0.408 e. The predicted molar refractivity (Wildman–Crippen MR) is 67.9 cm³/mol. The number of amides is 1. The maximum absolute atomic E-state index is 11.5. The molecule has 0 saturated carbocycles. The molecule has 1 N–H and O–H groups in total. The Balaban J connectivity index is 4.48. The molecule has 0 fully saturated rings. The first kappa shape index (κ1) is 16.0. The highest BCUT2D eigenvalue weighted by atomic mass is 79.9. The summed E-state index contributed by atoms with van der Waals surface area (Å²) in [5.41, 5.74) is -0.615. The Morgan fingerprint density at radius 1 is 1.41 bits per heavy atom. The number of hydrogen-bond acceptors (Lipinski definition) is 4. The van der Waals surface area contributed by atoms with Crippen LogP contribution in [0.2, 0.25) is 0 Å². The zero-order valence-electron chi connectivity index (χ0n) is 10.5. The van der Waals surface area contributed by atoms with E-state index in [2.05, 4.69) is 32.6 Å². The summed E-state index contributed by atoms with van der Waals surface area (Å²) >= 11 is 3.13. The van der Waals surface area contributed by atoms with Gasteiger partial charge in [0.15, 0.2) is 0 Å². The number of alkyl carbamates (subject to hydrolysis) is 1. The van der Waals surface area contributed by atoms with Crippen LogP contribution in [-0.4, -0.2) is 30.8 Å². The van der Waals surface area contributed by atoms with Gasteiger partial charge in [0.2, 0.25) is 0 Å². The lowest BCUT2D eigenvalue weighted by atomic mass is 10.2. The molecule has 0 heterocycles. The Kier molecular flexibility index (Phi) is 6.23. The van der Waals surface area contributed by atoms with E-state index < -0.39 is 23.7 Å². The van der Waals surface area contributed by atoms with E-state index in [1.807, 2.05) is 0 Å². The number of carbonyl (C=O) groups excluding carboxylic acids is 2. The standard InChI is InChI=1S/C11H18BrNO4/c1-7(12)6-8(9(14)16-5)13-10(15)17-11(2,3)4/h8H,1,6H2,2-5H3,(H,13,15). The van der Waals surface area contributed by atoms with Crippen LogP contribution in [0, 0.1) is 0 Å². The highest BCUT2D eigenvalue weighted by molar-refractivity contribution is 9.11. The first-order valence-electron chi connectivity index (χ1n) is 5.06. The van der Waals surface area contributed by atoms with E-state index in [-0.39, 0.29) is 6.42 Å². The van der Waals surface area contributed by atoms with E-state index in [0.29, 0.717) is 4.48 Å². The largest absolute Gasteiger partial charge is 0.467 e. The van der Waals surface area contributed by atoms with Gasteiger partial charge >= 0.3 is 12.1 Å². The van der Waals surface area contributed by atoms with Gasteiger partial charge in [-0.05, 0) is 25.3 Å². The van der Waals surface area contributed by atoms with Gasteiger partial charge in [-0.15, -0.1) is 0 Å². The Morgan fingerprint density at radius 3 is 2.29 bits per heavy atom. The molecule has 0 bridgehead atoms. The summed E-state index contributed by atoms with van der Waals surface area (Å²) in [5.74, 6) is -0.545. The lowest BCUT2D eigenvalue weighted by Crippen LogP contribution is -2.44. The zero-order valence-corrected chi connectivity index (χ0v) is 12.1. The highest BCUT2D eigenvalue weighted by Crippen LogP contribution is 2.12. The van der Waals surface area contributed by atoms with Gasteiger partial charge in [-0.25, -0.2) is 9.59 Å². The molecule has 1 atom stereocenters. The predicted octanol–water partition coefficient (Wildman–Crippen LogP) is 2.35. The fourth-order valence-electron chi connectivity index (χ4n) is 1.01. The molecule has 0 aliphatic carbocycles. The molecule has 98 valence electrons. The van der Waals surface area contributed by atoms with Crippen LogP contribution in [0.3, 0.4) is 0 Å². The van der Waals surface area contributed by atoms with Gasteiger partial charge in [0.1, 0.15) is 11.6 Å². The second kappa shape index (κ2) is 6.64. The normalized spacial score (nSPS) is 12.5. The maximum Gasteiger partial charge on any atom is 0.408 e. The molecule has 0 saturated heterocycles. The molecule has 0 aliphatic heterocycles. The van der Waals surface area contributed by atoms with E-state index in [1.54, 1.807) is 20.8 Å². The molecule has 17 heavy (non-hydrogen) atoms. The SMILES string of the molecule is C=C(Br)CC(NC(=O)OC(C)(C)C)C(=O)OC. The van der Waals surface area contributed by atoms with Crippen molar-refractivity contribution in [1.29, 1.82) is 0 Å². The molecule has 0 aromatic heterocycles. The van der Waals surface area contributed by atoms with Crippen molar-refractivity contribution in [2.45, 2.75) is 38.8 Å². The molecule has 0 aliphatic rings. The quantitative estimate of drug-likeness (QED) is 0.810. The van der Waals surface area contributed by atoms with Crippen LogP contribution in [-0.2, 0) is 14.3 Å². The molecule has 0 radical (unpaired) electrons. The molecule has 0 aromatic carbocycles. The van der Waals surface area contributed by atoms with Crippen LogP contribution < -0.4 is 5.32 Å². The van der Waals surface area contributed by atoms with E-state index in [4.69, 9.17) is 4.74 Å². The molecular weight excluding hydrogens is 290 g/mol. The summed E-state index contributed by atoms with van der Waals surface area (Å²) in [6, 6.07) is -0.804. The minimum absolute atomic E-state index is 0.242. The van der Waals surface area contributed by atoms with Crippen LogP contribution in [0.1, 0.15) is 27.2 Å². The van der Waals surface area contributed by atoms with Crippen molar-refractivity contribution < 1.29 is 19.1 Å². The third-order valence-corrected chi connectivity index (χ3v) is 1.93.